The number of carbonyl (C=O) groups is 1. The Hall–Kier alpha value is -3.00. The van der Waals surface area contributed by atoms with E-state index in [-0.39, 0.29) is 6.54 Å². The Morgan fingerprint density at radius 3 is 2.32 bits per heavy atom. The molecular formula is C17H19N3O5. The van der Waals surface area contributed by atoms with Crippen LogP contribution in [0.15, 0.2) is 41.3 Å². The van der Waals surface area contributed by atoms with E-state index in [9.17, 15) is 24.8 Å². The van der Waals surface area contributed by atoms with Gasteiger partial charge in [-0.1, -0.05) is 38.1 Å². The minimum atomic E-state index is -1.07. The Kier molecular flexibility index (Phi) is 5.33. The highest BCUT2D eigenvalue weighted by molar-refractivity contribution is 5.92. The topological polar surface area (TPSA) is 128 Å². The number of carbonyl (C=O) groups excluding carboxylic acids is 1. The van der Waals surface area contributed by atoms with Crippen LogP contribution in [0.1, 0.15) is 47.4 Å². The van der Waals surface area contributed by atoms with Gasteiger partial charge in [-0.3, -0.25) is 19.7 Å². The summed E-state index contributed by atoms with van der Waals surface area (Å²) in [5.74, 6) is -0.720. The maximum Gasteiger partial charge on any atom is 0.286 e. The highest BCUT2D eigenvalue weighted by Gasteiger charge is 2.19. The van der Waals surface area contributed by atoms with Crippen molar-refractivity contribution in [2.75, 3.05) is 0 Å². The van der Waals surface area contributed by atoms with E-state index in [1.807, 2.05) is 26.0 Å². The van der Waals surface area contributed by atoms with E-state index >= 15 is 0 Å². The number of aliphatic hydroxyl groups excluding tert-OH is 1. The van der Waals surface area contributed by atoms with E-state index in [4.69, 9.17) is 5.73 Å². The van der Waals surface area contributed by atoms with Crippen LogP contribution in [0.4, 0.5) is 5.69 Å². The molecule has 0 spiro atoms. The van der Waals surface area contributed by atoms with E-state index in [2.05, 4.69) is 0 Å². The molecule has 1 atom stereocenters. The Labute approximate surface area is 143 Å². The van der Waals surface area contributed by atoms with Crippen molar-refractivity contribution < 1.29 is 14.8 Å². The molecule has 132 valence electrons. The summed E-state index contributed by atoms with van der Waals surface area (Å²) in [6.45, 7) is 3.85. The summed E-state index contributed by atoms with van der Waals surface area (Å²) in [6.07, 6.45) is -0.0813. The first-order chi connectivity index (χ1) is 11.7. The van der Waals surface area contributed by atoms with E-state index in [0.29, 0.717) is 11.5 Å². The number of hydrogen-bond acceptors (Lipinski definition) is 5. The number of rotatable bonds is 6. The predicted molar refractivity (Wildman–Crippen MR) is 91.4 cm³/mol. The number of benzene rings is 1. The van der Waals surface area contributed by atoms with E-state index in [0.717, 1.165) is 22.4 Å². The molecule has 1 amide bonds. The lowest BCUT2D eigenvalue weighted by Crippen LogP contribution is -2.31. The number of amides is 1. The molecule has 0 radical (unpaired) electrons. The third-order valence-corrected chi connectivity index (χ3v) is 3.91. The van der Waals surface area contributed by atoms with E-state index in [1.54, 1.807) is 12.1 Å². The van der Waals surface area contributed by atoms with Gasteiger partial charge in [-0.2, -0.15) is 0 Å². The van der Waals surface area contributed by atoms with Gasteiger partial charge in [-0.15, -0.1) is 0 Å². The molecule has 0 aliphatic carbocycles. The number of nitrogens with zero attached hydrogens (tertiary/aromatic N) is 2. The van der Waals surface area contributed by atoms with Gasteiger partial charge in [-0.05, 0) is 17.0 Å². The van der Waals surface area contributed by atoms with Gasteiger partial charge in [0.25, 0.3) is 17.2 Å². The fourth-order valence-electron chi connectivity index (χ4n) is 2.43. The summed E-state index contributed by atoms with van der Waals surface area (Å²) < 4.78 is 0.930. The van der Waals surface area contributed by atoms with Crippen LogP contribution in [0.2, 0.25) is 0 Å². The van der Waals surface area contributed by atoms with E-state index < -0.39 is 33.7 Å². The number of hydrogen-bond donors (Lipinski definition) is 2. The molecule has 3 N–H and O–H groups in total. The first kappa shape index (κ1) is 18.3. The molecule has 0 saturated carbocycles. The van der Waals surface area contributed by atoms with Gasteiger partial charge in [0, 0.05) is 6.07 Å². The molecule has 0 fully saturated rings. The van der Waals surface area contributed by atoms with Gasteiger partial charge in [0.05, 0.1) is 23.8 Å². The molecule has 8 heteroatoms. The molecule has 0 unspecified atom stereocenters. The fourth-order valence-corrected chi connectivity index (χ4v) is 2.43. The van der Waals surface area contributed by atoms with Gasteiger partial charge < -0.3 is 15.4 Å². The lowest BCUT2D eigenvalue weighted by atomic mass is 10.00. The molecule has 0 bridgehead atoms. The average Bonchev–Trinajstić information content (AvgIpc) is 2.56. The summed E-state index contributed by atoms with van der Waals surface area (Å²) >= 11 is 0. The number of aliphatic hydroxyl groups is 1. The normalized spacial score (nSPS) is 12.2. The van der Waals surface area contributed by atoms with Gasteiger partial charge >= 0.3 is 0 Å². The summed E-state index contributed by atoms with van der Waals surface area (Å²) in [6, 6.07) is 8.04. The lowest BCUT2D eigenvalue weighted by molar-refractivity contribution is -0.385. The quantitative estimate of drug-likeness (QED) is 0.608. The monoisotopic (exact) mass is 345 g/mol. The zero-order chi connectivity index (χ0) is 18.7. The number of nitrogens with two attached hydrogens (primary N) is 1. The van der Waals surface area contributed by atoms with Gasteiger partial charge in [0.2, 0.25) is 0 Å². The minimum absolute atomic E-state index is 0.234. The highest BCUT2D eigenvalue weighted by Crippen LogP contribution is 2.20. The van der Waals surface area contributed by atoms with Crippen LogP contribution >= 0.6 is 0 Å². The molecule has 1 aromatic carbocycles. The van der Waals surface area contributed by atoms with Crippen molar-refractivity contribution in [3.63, 3.8) is 0 Å². The summed E-state index contributed by atoms with van der Waals surface area (Å²) in [5.41, 5.74) is 5.04. The van der Waals surface area contributed by atoms with Crippen LogP contribution in [0.3, 0.4) is 0 Å². The fraction of sp³-hybridized carbons (Fsp3) is 0.294. The van der Waals surface area contributed by atoms with Crippen LogP contribution in [0.5, 0.6) is 0 Å². The molecule has 0 aliphatic rings. The Balaban J connectivity index is 2.36. The predicted octanol–water partition coefficient (Wildman–Crippen LogP) is 1.71. The molecule has 2 rings (SSSR count). The second kappa shape index (κ2) is 7.27. The molecular weight excluding hydrogens is 326 g/mol. The third-order valence-electron chi connectivity index (χ3n) is 3.91. The zero-order valence-corrected chi connectivity index (χ0v) is 13.9. The SMILES string of the molecule is CC(C)c1ccc([C@@H](O)Cn2cc([N+](=O)[O-])cc(C(N)=O)c2=O)cc1. The first-order valence-corrected chi connectivity index (χ1v) is 7.67. The Morgan fingerprint density at radius 2 is 1.84 bits per heavy atom. The summed E-state index contributed by atoms with van der Waals surface area (Å²) in [5, 5.41) is 21.3. The van der Waals surface area contributed by atoms with Crippen molar-refractivity contribution in [1.82, 2.24) is 4.57 Å². The van der Waals surface area contributed by atoms with Crippen molar-refractivity contribution in [2.24, 2.45) is 5.73 Å². The second-order valence-electron chi connectivity index (χ2n) is 6.03. The van der Waals surface area contributed by atoms with Gasteiger partial charge in [-0.25, -0.2) is 0 Å². The molecule has 0 aliphatic heterocycles. The minimum Gasteiger partial charge on any atom is -0.387 e. The number of pyridine rings is 1. The van der Waals surface area contributed by atoms with Crippen LogP contribution in [-0.4, -0.2) is 20.5 Å². The lowest BCUT2D eigenvalue weighted by Gasteiger charge is -2.15. The molecule has 1 heterocycles. The summed E-state index contributed by atoms with van der Waals surface area (Å²) in [7, 11) is 0. The molecule has 25 heavy (non-hydrogen) atoms. The van der Waals surface area contributed by atoms with E-state index in [1.165, 1.54) is 0 Å². The van der Waals surface area contributed by atoms with Crippen molar-refractivity contribution in [1.29, 1.82) is 0 Å². The Bertz CT molecular complexity index is 856. The maximum absolute atomic E-state index is 12.2. The Morgan fingerprint density at radius 1 is 1.28 bits per heavy atom. The average molecular weight is 345 g/mol. The summed E-state index contributed by atoms with van der Waals surface area (Å²) in [4.78, 5) is 33.8. The largest absolute Gasteiger partial charge is 0.387 e. The second-order valence-corrected chi connectivity index (χ2v) is 6.03. The van der Waals surface area contributed by atoms with Gasteiger partial charge in [0.15, 0.2) is 0 Å². The van der Waals surface area contributed by atoms with Crippen LogP contribution in [-0.2, 0) is 6.54 Å². The third kappa shape index (κ3) is 4.10. The first-order valence-electron chi connectivity index (χ1n) is 7.67. The smallest absolute Gasteiger partial charge is 0.286 e. The maximum atomic E-state index is 12.2. The van der Waals surface area contributed by atoms with Crippen LogP contribution in [0.25, 0.3) is 0 Å². The van der Waals surface area contributed by atoms with Crippen molar-refractivity contribution in [3.8, 4) is 0 Å². The molecule has 8 nitrogen and oxygen atoms in total. The standard InChI is InChI=1S/C17H19N3O5/c1-10(2)11-3-5-12(6-4-11)15(21)9-19-8-13(20(24)25)7-14(16(18)22)17(19)23/h3-8,10,15,21H,9H2,1-2H3,(H2,18,22)/t15-/m0/s1. The number of aromatic nitrogens is 1. The van der Waals surface area contributed by atoms with Crippen molar-refractivity contribution >= 4 is 11.6 Å². The highest BCUT2D eigenvalue weighted by atomic mass is 16.6. The molecule has 1 aromatic heterocycles. The van der Waals surface area contributed by atoms with Gasteiger partial charge in [0.1, 0.15) is 5.56 Å². The van der Waals surface area contributed by atoms with Crippen molar-refractivity contribution in [2.45, 2.75) is 32.4 Å². The van der Waals surface area contributed by atoms with Crippen LogP contribution in [0, 0.1) is 10.1 Å². The molecule has 2 aromatic rings. The molecule has 0 saturated heterocycles. The number of primary amides is 1. The van der Waals surface area contributed by atoms with Crippen molar-refractivity contribution in [3.05, 3.63) is 73.7 Å². The number of nitro groups is 1. The zero-order valence-electron chi connectivity index (χ0n) is 13.9. The van der Waals surface area contributed by atoms with Crippen LogP contribution < -0.4 is 11.3 Å².